The molecule has 4 nitrogen and oxygen atoms in total. The highest BCUT2D eigenvalue weighted by atomic mass is 15.0. The molecule has 0 radical (unpaired) electrons. The van der Waals surface area contributed by atoms with Crippen LogP contribution in [-0.2, 0) is 6.54 Å². The van der Waals surface area contributed by atoms with Gasteiger partial charge in [0.1, 0.15) is 11.6 Å². The SMILES string of the molecule is CC(C)NCc1nccc(N)n1. The predicted octanol–water partition coefficient (Wildman–Crippen LogP) is 0.557. The van der Waals surface area contributed by atoms with Gasteiger partial charge < -0.3 is 11.1 Å². The molecule has 0 aliphatic carbocycles. The van der Waals surface area contributed by atoms with Crippen molar-refractivity contribution in [3.05, 3.63) is 18.1 Å². The van der Waals surface area contributed by atoms with Crippen LogP contribution in [0.4, 0.5) is 5.82 Å². The normalized spacial score (nSPS) is 10.6. The van der Waals surface area contributed by atoms with Crippen molar-refractivity contribution in [1.29, 1.82) is 0 Å². The lowest BCUT2D eigenvalue weighted by atomic mass is 10.4. The molecule has 0 aromatic carbocycles. The van der Waals surface area contributed by atoms with Gasteiger partial charge in [-0.25, -0.2) is 9.97 Å². The molecule has 66 valence electrons. The van der Waals surface area contributed by atoms with Crippen molar-refractivity contribution < 1.29 is 0 Å². The Balaban J connectivity index is 2.52. The molecule has 3 N–H and O–H groups in total. The fourth-order valence-corrected chi connectivity index (χ4v) is 0.795. The number of rotatable bonds is 3. The molecule has 0 atom stereocenters. The molecule has 0 fully saturated rings. The number of nitrogens with zero attached hydrogens (tertiary/aromatic N) is 2. The van der Waals surface area contributed by atoms with Crippen LogP contribution in [0.1, 0.15) is 19.7 Å². The third-order valence-electron chi connectivity index (χ3n) is 1.40. The number of nitrogen functional groups attached to an aromatic ring is 1. The summed E-state index contributed by atoms with van der Waals surface area (Å²) >= 11 is 0. The van der Waals surface area contributed by atoms with Gasteiger partial charge in [0.25, 0.3) is 0 Å². The maximum atomic E-state index is 5.49. The Morgan fingerprint density at radius 3 is 2.92 bits per heavy atom. The maximum absolute atomic E-state index is 5.49. The third kappa shape index (κ3) is 2.84. The average Bonchev–Trinajstić information content (AvgIpc) is 2.01. The fraction of sp³-hybridized carbons (Fsp3) is 0.500. The molecule has 0 spiro atoms. The smallest absolute Gasteiger partial charge is 0.144 e. The number of anilines is 1. The first-order valence-electron chi connectivity index (χ1n) is 3.99. The molecule has 0 aliphatic heterocycles. The lowest BCUT2D eigenvalue weighted by Gasteiger charge is -2.06. The summed E-state index contributed by atoms with van der Waals surface area (Å²) in [6.07, 6.45) is 1.67. The fourth-order valence-electron chi connectivity index (χ4n) is 0.795. The van der Waals surface area contributed by atoms with E-state index in [0.717, 1.165) is 5.82 Å². The summed E-state index contributed by atoms with van der Waals surface area (Å²) < 4.78 is 0. The van der Waals surface area contributed by atoms with Gasteiger partial charge in [0.15, 0.2) is 0 Å². The molecule has 4 heteroatoms. The summed E-state index contributed by atoms with van der Waals surface area (Å²) in [6, 6.07) is 2.12. The Morgan fingerprint density at radius 2 is 2.33 bits per heavy atom. The molecule has 0 saturated carbocycles. The Morgan fingerprint density at radius 1 is 1.58 bits per heavy atom. The molecule has 0 unspecified atom stereocenters. The van der Waals surface area contributed by atoms with Gasteiger partial charge in [0.05, 0.1) is 6.54 Å². The van der Waals surface area contributed by atoms with Gasteiger partial charge >= 0.3 is 0 Å². The van der Waals surface area contributed by atoms with E-state index >= 15 is 0 Å². The molecule has 12 heavy (non-hydrogen) atoms. The summed E-state index contributed by atoms with van der Waals surface area (Å²) in [7, 11) is 0. The van der Waals surface area contributed by atoms with Gasteiger partial charge in [0, 0.05) is 12.2 Å². The first-order valence-corrected chi connectivity index (χ1v) is 3.99. The zero-order chi connectivity index (χ0) is 8.97. The van der Waals surface area contributed by atoms with Crippen LogP contribution in [0, 0.1) is 0 Å². The minimum atomic E-state index is 0.440. The van der Waals surface area contributed by atoms with Gasteiger partial charge in [-0.05, 0) is 6.07 Å². The number of aromatic nitrogens is 2. The van der Waals surface area contributed by atoms with E-state index in [1.165, 1.54) is 0 Å². The van der Waals surface area contributed by atoms with Gasteiger partial charge in [-0.15, -0.1) is 0 Å². The Bertz CT molecular complexity index is 247. The highest BCUT2D eigenvalue weighted by Gasteiger charge is 1.97. The summed E-state index contributed by atoms with van der Waals surface area (Å²) in [5, 5.41) is 3.21. The van der Waals surface area contributed by atoms with Gasteiger partial charge in [-0.1, -0.05) is 13.8 Å². The van der Waals surface area contributed by atoms with Crippen LogP contribution in [0.3, 0.4) is 0 Å². The summed E-state index contributed by atoms with van der Waals surface area (Å²) in [4.78, 5) is 8.11. The van der Waals surface area contributed by atoms with Gasteiger partial charge in [-0.3, -0.25) is 0 Å². The third-order valence-corrected chi connectivity index (χ3v) is 1.40. The number of hydrogen-bond donors (Lipinski definition) is 2. The zero-order valence-corrected chi connectivity index (χ0v) is 7.41. The molecule has 0 amide bonds. The molecule has 0 aliphatic rings. The quantitative estimate of drug-likeness (QED) is 0.688. The van der Waals surface area contributed by atoms with E-state index in [-0.39, 0.29) is 0 Å². The first-order chi connectivity index (χ1) is 5.68. The first kappa shape index (κ1) is 8.93. The van der Waals surface area contributed by atoms with Crippen molar-refractivity contribution in [1.82, 2.24) is 15.3 Å². The van der Waals surface area contributed by atoms with E-state index in [2.05, 4.69) is 29.1 Å². The summed E-state index contributed by atoms with van der Waals surface area (Å²) in [5.41, 5.74) is 5.49. The van der Waals surface area contributed by atoms with Crippen LogP contribution >= 0.6 is 0 Å². The van der Waals surface area contributed by atoms with Crippen molar-refractivity contribution in [2.75, 3.05) is 5.73 Å². The molecule has 1 rings (SSSR count). The van der Waals surface area contributed by atoms with Crippen molar-refractivity contribution in [2.45, 2.75) is 26.4 Å². The van der Waals surface area contributed by atoms with E-state index in [1.807, 2.05) is 0 Å². The molecule has 0 saturated heterocycles. The number of hydrogen-bond acceptors (Lipinski definition) is 4. The van der Waals surface area contributed by atoms with Crippen LogP contribution < -0.4 is 11.1 Å². The summed E-state index contributed by atoms with van der Waals surface area (Å²) in [5.74, 6) is 1.26. The topological polar surface area (TPSA) is 63.8 Å². The monoisotopic (exact) mass is 166 g/mol. The minimum absolute atomic E-state index is 0.440. The Kier molecular flexibility index (Phi) is 2.99. The number of nitrogens with two attached hydrogens (primary N) is 1. The van der Waals surface area contributed by atoms with Crippen LogP contribution in [0.2, 0.25) is 0 Å². The molecule has 1 aromatic rings. The van der Waals surface area contributed by atoms with Gasteiger partial charge in [-0.2, -0.15) is 0 Å². The summed E-state index contributed by atoms with van der Waals surface area (Å²) in [6.45, 7) is 4.82. The number of nitrogens with one attached hydrogen (secondary N) is 1. The van der Waals surface area contributed by atoms with E-state index in [9.17, 15) is 0 Å². The second-order valence-corrected chi connectivity index (χ2v) is 2.93. The highest BCUT2D eigenvalue weighted by molar-refractivity contribution is 5.24. The lowest BCUT2D eigenvalue weighted by Crippen LogP contribution is -2.23. The van der Waals surface area contributed by atoms with Crippen molar-refractivity contribution in [2.24, 2.45) is 0 Å². The van der Waals surface area contributed by atoms with Crippen LogP contribution in [0.25, 0.3) is 0 Å². The molecular formula is C8H14N4. The van der Waals surface area contributed by atoms with Crippen LogP contribution in [0.5, 0.6) is 0 Å². The molecule has 1 heterocycles. The van der Waals surface area contributed by atoms with Crippen molar-refractivity contribution in [3.8, 4) is 0 Å². The maximum Gasteiger partial charge on any atom is 0.144 e. The van der Waals surface area contributed by atoms with Gasteiger partial charge in [0.2, 0.25) is 0 Å². The zero-order valence-electron chi connectivity index (χ0n) is 7.41. The van der Waals surface area contributed by atoms with Crippen molar-refractivity contribution in [3.63, 3.8) is 0 Å². The molecule has 1 aromatic heterocycles. The standard InChI is InChI=1S/C8H14N4/c1-6(2)11-5-8-10-4-3-7(9)12-8/h3-4,6,11H,5H2,1-2H3,(H2,9,10,12). The van der Waals surface area contributed by atoms with Crippen LogP contribution in [0.15, 0.2) is 12.3 Å². The van der Waals surface area contributed by atoms with E-state index < -0.39 is 0 Å². The Hall–Kier alpha value is -1.16. The second-order valence-electron chi connectivity index (χ2n) is 2.93. The minimum Gasteiger partial charge on any atom is -0.384 e. The average molecular weight is 166 g/mol. The lowest BCUT2D eigenvalue weighted by molar-refractivity contribution is 0.572. The van der Waals surface area contributed by atoms with E-state index in [1.54, 1.807) is 12.3 Å². The van der Waals surface area contributed by atoms with E-state index in [4.69, 9.17) is 5.73 Å². The highest BCUT2D eigenvalue weighted by Crippen LogP contribution is 1.95. The van der Waals surface area contributed by atoms with Crippen LogP contribution in [-0.4, -0.2) is 16.0 Å². The Labute approximate surface area is 72.2 Å². The van der Waals surface area contributed by atoms with Crippen molar-refractivity contribution >= 4 is 5.82 Å². The largest absolute Gasteiger partial charge is 0.384 e. The predicted molar refractivity (Wildman–Crippen MR) is 48.4 cm³/mol. The van der Waals surface area contributed by atoms with E-state index in [0.29, 0.717) is 18.4 Å². The second kappa shape index (κ2) is 4.01. The molecule has 0 bridgehead atoms. The molecular weight excluding hydrogens is 152 g/mol.